The van der Waals surface area contributed by atoms with Crippen LogP contribution in [-0.2, 0) is 0 Å². The van der Waals surface area contributed by atoms with Gasteiger partial charge in [0.15, 0.2) is 29.0 Å². The number of anilines is 2. The summed E-state index contributed by atoms with van der Waals surface area (Å²) >= 11 is 0. The minimum absolute atomic E-state index is 0.145. The van der Waals surface area contributed by atoms with E-state index < -0.39 is 5.82 Å². The number of aryl methyl sites for hydroxylation is 2. The van der Waals surface area contributed by atoms with Crippen LogP contribution >= 0.6 is 0 Å². The van der Waals surface area contributed by atoms with Crippen molar-refractivity contribution in [3.05, 3.63) is 41.7 Å². The number of benzene rings is 1. The van der Waals surface area contributed by atoms with Crippen LogP contribution in [0.1, 0.15) is 11.5 Å². The van der Waals surface area contributed by atoms with Crippen molar-refractivity contribution in [3.63, 3.8) is 0 Å². The Morgan fingerprint density at radius 3 is 2.62 bits per heavy atom. The van der Waals surface area contributed by atoms with Crippen LogP contribution in [-0.4, -0.2) is 35.4 Å². The minimum Gasteiger partial charge on any atom is -0.486 e. The van der Waals surface area contributed by atoms with Crippen molar-refractivity contribution in [1.82, 2.24) is 15.1 Å². The summed E-state index contributed by atoms with van der Waals surface area (Å²) in [6.07, 6.45) is 1.15. The van der Waals surface area contributed by atoms with Crippen molar-refractivity contribution < 1.29 is 18.4 Å². The molecule has 7 nitrogen and oxygen atoms in total. The van der Waals surface area contributed by atoms with Crippen LogP contribution in [0.5, 0.6) is 11.5 Å². The van der Waals surface area contributed by atoms with Gasteiger partial charge in [-0.05, 0) is 26.0 Å². The second-order valence-corrected chi connectivity index (χ2v) is 5.95. The topological polar surface area (TPSA) is 73.5 Å². The van der Waals surface area contributed by atoms with Gasteiger partial charge in [-0.25, -0.2) is 14.4 Å². The number of ether oxygens (including phenoxy) is 2. The highest BCUT2D eigenvalue weighted by Crippen LogP contribution is 2.36. The molecule has 1 aliphatic rings. The molecular formula is C18H17FN4O3. The van der Waals surface area contributed by atoms with Gasteiger partial charge >= 0.3 is 0 Å². The first-order valence-electron chi connectivity index (χ1n) is 8.14. The number of hydrogen-bond acceptors (Lipinski definition) is 7. The van der Waals surface area contributed by atoms with Crippen molar-refractivity contribution in [2.45, 2.75) is 13.8 Å². The van der Waals surface area contributed by atoms with Gasteiger partial charge in [-0.15, -0.1) is 0 Å². The predicted molar refractivity (Wildman–Crippen MR) is 92.5 cm³/mol. The zero-order chi connectivity index (χ0) is 18.3. The summed E-state index contributed by atoms with van der Waals surface area (Å²) in [6.45, 7) is 4.57. The van der Waals surface area contributed by atoms with Crippen LogP contribution in [0.2, 0.25) is 0 Å². The van der Waals surface area contributed by atoms with Gasteiger partial charge in [0.25, 0.3) is 0 Å². The second-order valence-electron chi connectivity index (χ2n) is 5.95. The quantitative estimate of drug-likeness (QED) is 0.712. The molecule has 134 valence electrons. The maximum Gasteiger partial charge on any atom is 0.184 e. The lowest BCUT2D eigenvalue weighted by molar-refractivity contribution is 0.171. The number of rotatable bonds is 3. The molecule has 0 fully saturated rings. The molecule has 0 saturated heterocycles. The zero-order valence-electron chi connectivity index (χ0n) is 14.6. The maximum absolute atomic E-state index is 14.4. The monoisotopic (exact) mass is 356 g/mol. The van der Waals surface area contributed by atoms with E-state index in [0.717, 1.165) is 11.9 Å². The van der Waals surface area contributed by atoms with Gasteiger partial charge in [0.05, 0.1) is 17.5 Å². The highest BCUT2D eigenvalue weighted by Gasteiger charge is 2.20. The van der Waals surface area contributed by atoms with E-state index in [1.54, 1.807) is 37.9 Å². The molecular weight excluding hydrogens is 339 g/mol. The summed E-state index contributed by atoms with van der Waals surface area (Å²) in [7, 11) is 1.73. The van der Waals surface area contributed by atoms with E-state index in [4.69, 9.17) is 14.0 Å². The van der Waals surface area contributed by atoms with Crippen molar-refractivity contribution >= 4 is 11.5 Å². The summed E-state index contributed by atoms with van der Waals surface area (Å²) in [5.74, 6) is 1.86. The molecule has 0 atom stereocenters. The van der Waals surface area contributed by atoms with E-state index in [9.17, 15) is 4.39 Å². The molecule has 0 amide bonds. The van der Waals surface area contributed by atoms with Gasteiger partial charge < -0.3 is 18.9 Å². The lowest BCUT2D eigenvalue weighted by Crippen LogP contribution is -2.17. The summed E-state index contributed by atoms with van der Waals surface area (Å²) in [5.41, 5.74) is 2.04. The molecule has 1 aromatic carbocycles. The van der Waals surface area contributed by atoms with Crippen molar-refractivity contribution in [1.29, 1.82) is 0 Å². The van der Waals surface area contributed by atoms with Gasteiger partial charge in [0, 0.05) is 18.8 Å². The zero-order valence-corrected chi connectivity index (χ0v) is 14.6. The van der Waals surface area contributed by atoms with E-state index in [0.29, 0.717) is 47.6 Å². The summed E-state index contributed by atoms with van der Waals surface area (Å²) in [5, 5.41) is 3.90. The lowest BCUT2D eigenvalue weighted by Gasteiger charge is -2.23. The Labute approximate surface area is 149 Å². The number of halogens is 1. The normalized spacial score (nSPS) is 12.9. The third kappa shape index (κ3) is 2.73. The van der Waals surface area contributed by atoms with Gasteiger partial charge in [0.1, 0.15) is 19.0 Å². The van der Waals surface area contributed by atoms with Crippen LogP contribution in [0.25, 0.3) is 11.4 Å². The average molecular weight is 356 g/mol. The highest BCUT2D eigenvalue weighted by molar-refractivity contribution is 5.67. The van der Waals surface area contributed by atoms with Gasteiger partial charge in [0.2, 0.25) is 0 Å². The molecule has 8 heteroatoms. The van der Waals surface area contributed by atoms with Gasteiger partial charge in [-0.2, -0.15) is 0 Å². The molecule has 3 heterocycles. The Balaban J connectivity index is 1.74. The van der Waals surface area contributed by atoms with Crippen molar-refractivity contribution in [3.8, 4) is 22.9 Å². The molecule has 4 rings (SSSR count). The first kappa shape index (κ1) is 16.3. The molecule has 0 aliphatic carbocycles. The minimum atomic E-state index is -0.530. The molecule has 26 heavy (non-hydrogen) atoms. The smallest absolute Gasteiger partial charge is 0.184 e. The highest BCUT2D eigenvalue weighted by atomic mass is 19.1. The van der Waals surface area contributed by atoms with E-state index in [1.807, 2.05) is 6.07 Å². The number of hydrogen-bond donors (Lipinski definition) is 0. The van der Waals surface area contributed by atoms with E-state index in [1.165, 1.54) is 0 Å². The Hall–Kier alpha value is -3.16. The standard InChI is InChI=1S/C18H17FN4O3/c1-10-16(11(2)26-22-10)17-20-9-13(19)18(21-17)23(3)12-4-5-14-15(8-12)25-7-6-24-14/h4-5,8-9H,6-7H2,1-3H3. The third-order valence-corrected chi connectivity index (χ3v) is 4.21. The maximum atomic E-state index is 14.4. The van der Waals surface area contributed by atoms with Gasteiger partial charge in [-0.1, -0.05) is 5.16 Å². The number of nitrogens with zero attached hydrogens (tertiary/aromatic N) is 4. The van der Waals surface area contributed by atoms with E-state index >= 15 is 0 Å². The molecule has 0 unspecified atom stereocenters. The Kier molecular flexibility index (Phi) is 3.95. The summed E-state index contributed by atoms with van der Waals surface area (Å²) in [4.78, 5) is 10.1. The molecule has 0 bridgehead atoms. The molecule has 2 aromatic heterocycles. The average Bonchev–Trinajstić information content (AvgIpc) is 3.00. The SMILES string of the molecule is Cc1noc(C)c1-c1ncc(F)c(N(C)c2ccc3c(c2)OCCO3)n1. The van der Waals surface area contributed by atoms with Gasteiger partial charge in [-0.3, -0.25) is 0 Å². The molecule has 0 spiro atoms. The van der Waals surface area contributed by atoms with Crippen LogP contribution < -0.4 is 14.4 Å². The Morgan fingerprint density at radius 1 is 1.12 bits per heavy atom. The molecule has 3 aromatic rings. The Bertz CT molecular complexity index is 954. The largest absolute Gasteiger partial charge is 0.486 e. The first-order valence-corrected chi connectivity index (χ1v) is 8.14. The van der Waals surface area contributed by atoms with Crippen molar-refractivity contribution in [2.75, 3.05) is 25.2 Å². The van der Waals surface area contributed by atoms with E-state index in [2.05, 4.69) is 15.1 Å². The third-order valence-electron chi connectivity index (χ3n) is 4.21. The van der Waals surface area contributed by atoms with Crippen LogP contribution in [0.15, 0.2) is 28.9 Å². The number of fused-ring (bicyclic) bond motifs is 1. The predicted octanol–water partition coefficient (Wildman–Crippen LogP) is 3.43. The molecule has 0 radical (unpaired) electrons. The lowest BCUT2D eigenvalue weighted by atomic mass is 10.2. The first-order chi connectivity index (χ1) is 12.5. The fraction of sp³-hybridized carbons (Fsp3) is 0.278. The molecule has 0 N–H and O–H groups in total. The van der Waals surface area contributed by atoms with Crippen LogP contribution in [0.4, 0.5) is 15.9 Å². The summed E-state index contributed by atoms with van der Waals surface area (Å²) in [6, 6.07) is 5.42. The fourth-order valence-electron chi connectivity index (χ4n) is 2.88. The number of aromatic nitrogens is 3. The molecule has 0 saturated carbocycles. The van der Waals surface area contributed by atoms with E-state index in [-0.39, 0.29) is 5.82 Å². The second kappa shape index (κ2) is 6.29. The fourth-order valence-corrected chi connectivity index (χ4v) is 2.88. The molecule has 1 aliphatic heterocycles. The van der Waals surface area contributed by atoms with Crippen LogP contribution in [0.3, 0.4) is 0 Å². The Morgan fingerprint density at radius 2 is 1.88 bits per heavy atom. The van der Waals surface area contributed by atoms with Crippen LogP contribution in [0, 0.1) is 19.7 Å². The van der Waals surface area contributed by atoms with Crippen molar-refractivity contribution in [2.24, 2.45) is 0 Å². The summed E-state index contributed by atoms with van der Waals surface area (Å²) < 4.78 is 30.7.